The monoisotopic (exact) mass is 338 g/mol. The molecule has 0 amide bonds. The second-order valence-electron chi connectivity index (χ2n) is 6.66. The molecule has 2 rings (SSSR count). The Kier molecular flexibility index (Phi) is 5.66. The molecule has 5 nitrogen and oxygen atoms in total. The average Bonchev–Trinajstić information content (AvgIpc) is 2.55. The quantitative estimate of drug-likeness (QED) is 0.663. The van der Waals surface area contributed by atoms with Crippen LogP contribution in [-0.2, 0) is 11.2 Å². The highest BCUT2D eigenvalue weighted by atomic mass is 16.6. The lowest BCUT2D eigenvalue weighted by Gasteiger charge is -2.20. The maximum absolute atomic E-state index is 12.3. The van der Waals surface area contributed by atoms with Gasteiger partial charge in [-0.05, 0) is 56.7 Å². The van der Waals surface area contributed by atoms with Crippen molar-refractivity contribution in [1.82, 2.24) is 0 Å². The number of benzene rings is 2. The topological polar surface area (TPSA) is 85.3 Å². The molecule has 0 aliphatic rings. The van der Waals surface area contributed by atoms with Gasteiger partial charge in [0.25, 0.3) is 0 Å². The number of esters is 1. The van der Waals surface area contributed by atoms with E-state index in [9.17, 15) is 4.79 Å². The van der Waals surface area contributed by atoms with Gasteiger partial charge in [-0.25, -0.2) is 4.79 Å². The fourth-order valence-corrected chi connectivity index (χ4v) is 2.19. The largest absolute Gasteiger partial charge is 0.492 e. The molecule has 0 radical (unpaired) electrons. The van der Waals surface area contributed by atoms with Gasteiger partial charge in [0, 0.05) is 12.1 Å². The van der Waals surface area contributed by atoms with Gasteiger partial charge in [-0.2, -0.15) is 5.26 Å². The van der Waals surface area contributed by atoms with E-state index in [1.54, 1.807) is 30.3 Å². The zero-order chi connectivity index (χ0) is 18.4. The Morgan fingerprint density at radius 2 is 1.84 bits per heavy atom. The van der Waals surface area contributed by atoms with Crippen LogP contribution < -0.4 is 10.5 Å². The molecule has 5 heteroatoms. The van der Waals surface area contributed by atoms with Gasteiger partial charge in [-0.1, -0.05) is 12.1 Å². The Morgan fingerprint density at radius 1 is 1.16 bits per heavy atom. The van der Waals surface area contributed by atoms with E-state index < -0.39 is 11.6 Å². The summed E-state index contributed by atoms with van der Waals surface area (Å²) in [6, 6.07) is 14.3. The number of nitrogens with zero attached hydrogens (tertiary/aromatic N) is 1. The van der Waals surface area contributed by atoms with Crippen molar-refractivity contribution in [3.8, 4) is 11.8 Å². The van der Waals surface area contributed by atoms with Crippen LogP contribution in [0.2, 0.25) is 0 Å². The molecule has 2 aromatic carbocycles. The standard InChI is InChI=1S/C20H22N2O3/c1-20(2,3)25-19(23)17-12-16(22)8-9-18(17)24-11-10-14-4-6-15(13-21)7-5-14/h4-9,12H,10-11,22H2,1-3H3. The zero-order valence-electron chi connectivity index (χ0n) is 14.7. The highest BCUT2D eigenvalue weighted by Gasteiger charge is 2.21. The molecule has 0 fully saturated rings. The Hall–Kier alpha value is -3.00. The number of nitrogen functional groups attached to an aromatic ring is 1. The first-order valence-corrected chi connectivity index (χ1v) is 8.03. The van der Waals surface area contributed by atoms with Crippen LogP contribution >= 0.6 is 0 Å². The van der Waals surface area contributed by atoms with Crippen molar-refractivity contribution in [3.05, 3.63) is 59.2 Å². The Bertz CT molecular complexity index is 784. The molecule has 25 heavy (non-hydrogen) atoms. The van der Waals surface area contributed by atoms with E-state index in [-0.39, 0.29) is 0 Å². The highest BCUT2D eigenvalue weighted by molar-refractivity contribution is 5.93. The van der Waals surface area contributed by atoms with E-state index in [4.69, 9.17) is 20.5 Å². The lowest BCUT2D eigenvalue weighted by atomic mass is 10.1. The van der Waals surface area contributed by atoms with Crippen LogP contribution in [0.4, 0.5) is 5.69 Å². The molecular formula is C20H22N2O3. The third-order valence-corrected chi connectivity index (χ3v) is 3.35. The number of ether oxygens (including phenoxy) is 2. The van der Waals surface area contributed by atoms with Crippen LogP contribution in [0.3, 0.4) is 0 Å². The first kappa shape index (κ1) is 18.3. The first-order valence-electron chi connectivity index (χ1n) is 8.03. The summed E-state index contributed by atoms with van der Waals surface area (Å²) in [7, 11) is 0. The SMILES string of the molecule is CC(C)(C)OC(=O)c1cc(N)ccc1OCCc1ccc(C#N)cc1. The van der Waals surface area contributed by atoms with Crippen molar-refractivity contribution in [2.24, 2.45) is 0 Å². The maximum atomic E-state index is 12.3. The lowest BCUT2D eigenvalue weighted by Crippen LogP contribution is -2.24. The van der Waals surface area contributed by atoms with Crippen molar-refractivity contribution < 1.29 is 14.3 Å². The number of rotatable bonds is 5. The second-order valence-corrected chi connectivity index (χ2v) is 6.66. The third-order valence-electron chi connectivity index (χ3n) is 3.35. The Balaban J connectivity index is 2.06. The van der Waals surface area contributed by atoms with Crippen molar-refractivity contribution in [1.29, 1.82) is 5.26 Å². The normalized spacial score (nSPS) is 10.8. The number of nitrogens with two attached hydrogens (primary N) is 1. The minimum Gasteiger partial charge on any atom is -0.492 e. The molecule has 0 saturated heterocycles. The molecule has 2 aromatic rings. The first-order chi connectivity index (χ1) is 11.8. The molecule has 0 bridgehead atoms. The predicted octanol–water partition coefficient (Wildman–Crippen LogP) is 3.72. The molecule has 2 N–H and O–H groups in total. The van der Waals surface area contributed by atoms with Gasteiger partial charge < -0.3 is 15.2 Å². The molecule has 0 aromatic heterocycles. The highest BCUT2D eigenvalue weighted by Crippen LogP contribution is 2.24. The maximum Gasteiger partial charge on any atom is 0.342 e. The van der Waals surface area contributed by atoms with E-state index in [2.05, 4.69) is 6.07 Å². The van der Waals surface area contributed by atoms with Crippen LogP contribution in [0.15, 0.2) is 42.5 Å². The van der Waals surface area contributed by atoms with Crippen molar-refractivity contribution in [3.63, 3.8) is 0 Å². The summed E-state index contributed by atoms with van der Waals surface area (Å²) >= 11 is 0. The Labute approximate surface area is 148 Å². The van der Waals surface area contributed by atoms with E-state index in [1.165, 1.54) is 0 Å². The molecule has 130 valence electrons. The second kappa shape index (κ2) is 7.71. The summed E-state index contributed by atoms with van der Waals surface area (Å²) < 4.78 is 11.2. The minimum absolute atomic E-state index is 0.315. The lowest BCUT2D eigenvalue weighted by molar-refractivity contribution is 0.00659. The van der Waals surface area contributed by atoms with Gasteiger partial charge in [-0.15, -0.1) is 0 Å². The van der Waals surface area contributed by atoms with Gasteiger partial charge in [0.05, 0.1) is 18.2 Å². The fourth-order valence-electron chi connectivity index (χ4n) is 2.19. The Morgan fingerprint density at radius 3 is 2.44 bits per heavy atom. The average molecular weight is 338 g/mol. The number of nitriles is 1. The molecular weight excluding hydrogens is 316 g/mol. The number of anilines is 1. The van der Waals surface area contributed by atoms with E-state index in [0.717, 1.165) is 5.56 Å². The summed E-state index contributed by atoms with van der Waals surface area (Å²) in [4.78, 5) is 12.3. The molecule has 0 saturated carbocycles. The van der Waals surface area contributed by atoms with Crippen molar-refractivity contribution >= 4 is 11.7 Å². The molecule has 0 aliphatic carbocycles. The number of hydrogen-bond acceptors (Lipinski definition) is 5. The summed E-state index contributed by atoms with van der Waals surface area (Å²) in [5.74, 6) is -0.0229. The summed E-state index contributed by atoms with van der Waals surface area (Å²) in [5.41, 5.74) is 7.65. The van der Waals surface area contributed by atoms with Crippen LogP contribution in [0.1, 0.15) is 42.3 Å². The van der Waals surface area contributed by atoms with Crippen molar-refractivity contribution in [2.45, 2.75) is 32.8 Å². The van der Waals surface area contributed by atoms with Crippen LogP contribution in [0, 0.1) is 11.3 Å². The van der Waals surface area contributed by atoms with Gasteiger partial charge in [0.2, 0.25) is 0 Å². The van der Waals surface area contributed by atoms with E-state index in [0.29, 0.717) is 35.6 Å². The summed E-state index contributed by atoms with van der Waals surface area (Å²) in [6.07, 6.45) is 0.657. The predicted molar refractivity (Wildman–Crippen MR) is 96.4 cm³/mol. The van der Waals surface area contributed by atoms with Crippen LogP contribution in [-0.4, -0.2) is 18.2 Å². The summed E-state index contributed by atoms with van der Waals surface area (Å²) in [6.45, 7) is 5.82. The zero-order valence-corrected chi connectivity index (χ0v) is 14.7. The molecule has 0 aliphatic heterocycles. The number of carbonyl (C=O) groups excluding carboxylic acids is 1. The number of hydrogen-bond donors (Lipinski definition) is 1. The van der Waals surface area contributed by atoms with Gasteiger partial charge in [0.1, 0.15) is 16.9 Å². The van der Waals surface area contributed by atoms with E-state index in [1.807, 2.05) is 32.9 Å². The van der Waals surface area contributed by atoms with Gasteiger partial charge in [-0.3, -0.25) is 0 Å². The molecule has 0 atom stereocenters. The summed E-state index contributed by atoms with van der Waals surface area (Å²) in [5, 5.41) is 8.81. The minimum atomic E-state index is -0.596. The molecule has 0 spiro atoms. The van der Waals surface area contributed by atoms with E-state index >= 15 is 0 Å². The van der Waals surface area contributed by atoms with Crippen LogP contribution in [0.25, 0.3) is 0 Å². The third kappa shape index (κ3) is 5.54. The number of carbonyl (C=O) groups is 1. The molecule has 0 unspecified atom stereocenters. The molecule has 0 heterocycles. The van der Waals surface area contributed by atoms with Gasteiger partial charge >= 0.3 is 5.97 Å². The van der Waals surface area contributed by atoms with Crippen molar-refractivity contribution in [2.75, 3.05) is 12.3 Å². The van der Waals surface area contributed by atoms with Crippen LogP contribution in [0.5, 0.6) is 5.75 Å². The fraction of sp³-hybridized carbons (Fsp3) is 0.300. The van der Waals surface area contributed by atoms with Gasteiger partial charge in [0.15, 0.2) is 0 Å². The smallest absolute Gasteiger partial charge is 0.342 e.